The Balaban J connectivity index is 1.41. The minimum Gasteiger partial charge on any atom is -0.379 e. The van der Waals surface area contributed by atoms with Gasteiger partial charge in [-0.05, 0) is 36.4 Å². The van der Waals surface area contributed by atoms with Crippen LogP contribution in [0.4, 0.5) is 11.4 Å². The Bertz CT molecular complexity index is 842. The summed E-state index contributed by atoms with van der Waals surface area (Å²) in [7, 11) is -3.43. The average molecular weight is 388 g/mol. The van der Waals surface area contributed by atoms with Crippen LogP contribution in [0.2, 0.25) is 0 Å². The predicted molar refractivity (Wildman–Crippen MR) is 107 cm³/mol. The molecular weight excluding hydrogens is 362 g/mol. The first kappa shape index (κ1) is 18.3. The molecule has 0 aromatic heterocycles. The number of nitrogens with zero attached hydrogens (tertiary/aromatic N) is 3. The van der Waals surface area contributed by atoms with Crippen molar-refractivity contribution < 1.29 is 13.2 Å². The monoisotopic (exact) mass is 387 g/mol. The molecule has 6 nitrogen and oxygen atoms in total. The van der Waals surface area contributed by atoms with Crippen LogP contribution in [0, 0.1) is 0 Å². The van der Waals surface area contributed by atoms with E-state index in [0.29, 0.717) is 31.2 Å². The number of piperazine rings is 1. The van der Waals surface area contributed by atoms with Gasteiger partial charge >= 0.3 is 0 Å². The Morgan fingerprint density at radius 3 is 1.74 bits per heavy atom. The number of para-hydroxylation sites is 1. The van der Waals surface area contributed by atoms with Gasteiger partial charge in [-0.1, -0.05) is 18.2 Å². The largest absolute Gasteiger partial charge is 0.379 e. The quantitative estimate of drug-likeness (QED) is 0.804. The van der Waals surface area contributed by atoms with E-state index < -0.39 is 10.0 Å². The van der Waals surface area contributed by atoms with Crippen LogP contribution in [0.15, 0.2) is 59.5 Å². The van der Waals surface area contributed by atoms with E-state index >= 15 is 0 Å². The fourth-order valence-corrected chi connectivity index (χ4v) is 5.03. The minimum absolute atomic E-state index is 0.357. The third-order valence-corrected chi connectivity index (χ3v) is 7.12. The van der Waals surface area contributed by atoms with Crippen molar-refractivity contribution in [3.8, 4) is 0 Å². The van der Waals surface area contributed by atoms with Crippen LogP contribution in [0.1, 0.15) is 0 Å². The van der Waals surface area contributed by atoms with Gasteiger partial charge in [-0.25, -0.2) is 8.42 Å². The molecule has 0 N–H and O–H groups in total. The Morgan fingerprint density at radius 2 is 1.19 bits per heavy atom. The highest BCUT2D eigenvalue weighted by Gasteiger charge is 2.26. The molecule has 4 rings (SSSR count). The lowest BCUT2D eigenvalue weighted by atomic mass is 10.2. The number of anilines is 2. The van der Waals surface area contributed by atoms with Gasteiger partial charge in [0.05, 0.1) is 18.1 Å². The summed E-state index contributed by atoms with van der Waals surface area (Å²) in [5, 5.41) is 0. The molecule has 2 heterocycles. The molecule has 0 radical (unpaired) electrons. The van der Waals surface area contributed by atoms with Crippen LogP contribution in [-0.4, -0.2) is 65.2 Å². The molecule has 144 valence electrons. The third-order valence-electron chi connectivity index (χ3n) is 5.21. The summed E-state index contributed by atoms with van der Waals surface area (Å²) in [6.07, 6.45) is 0. The van der Waals surface area contributed by atoms with Gasteiger partial charge in [-0.2, -0.15) is 4.31 Å². The molecular formula is C20H25N3O3S. The molecule has 2 aromatic rings. The lowest BCUT2D eigenvalue weighted by Crippen LogP contribution is -2.46. The molecule has 2 aromatic carbocycles. The smallest absolute Gasteiger partial charge is 0.243 e. The van der Waals surface area contributed by atoms with E-state index in [1.54, 1.807) is 12.1 Å². The number of hydrogen-bond donors (Lipinski definition) is 0. The van der Waals surface area contributed by atoms with Gasteiger partial charge in [-0.3, -0.25) is 0 Å². The van der Waals surface area contributed by atoms with Crippen molar-refractivity contribution in [3.05, 3.63) is 54.6 Å². The summed E-state index contributed by atoms with van der Waals surface area (Å²) in [6, 6.07) is 17.7. The lowest BCUT2D eigenvalue weighted by Gasteiger charge is -2.37. The predicted octanol–water partition coefficient (Wildman–Crippen LogP) is 2.03. The van der Waals surface area contributed by atoms with E-state index in [4.69, 9.17) is 4.74 Å². The van der Waals surface area contributed by atoms with Crippen LogP contribution in [0.5, 0.6) is 0 Å². The molecule has 0 bridgehead atoms. The zero-order valence-electron chi connectivity index (χ0n) is 15.3. The fourth-order valence-electron chi connectivity index (χ4n) is 3.63. The van der Waals surface area contributed by atoms with Gasteiger partial charge in [0.25, 0.3) is 0 Å². The second kappa shape index (κ2) is 7.88. The second-order valence-electron chi connectivity index (χ2n) is 6.82. The first-order valence-corrected chi connectivity index (χ1v) is 10.8. The Morgan fingerprint density at radius 1 is 0.667 bits per heavy atom. The van der Waals surface area contributed by atoms with E-state index in [1.165, 1.54) is 9.99 Å². The standard InChI is InChI=1S/C20H25N3O3S/c24-27(25,23-14-16-26-17-15-23)20-8-6-19(7-9-20)22-12-10-21(11-13-22)18-4-2-1-3-5-18/h1-9H,10-17H2. The van der Waals surface area contributed by atoms with Gasteiger partial charge in [0.15, 0.2) is 0 Å². The first-order valence-electron chi connectivity index (χ1n) is 9.37. The summed E-state index contributed by atoms with van der Waals surface area (Å²) in [4.78, 5) is 5.05. The van der Waals surface area contributed by atoms with Crippen LogP contribution in [-0.2, 0) is 14.8 Å². The summed E-state index contributed by atoms with van der Waals surface area (Å²) < 4.78 is 32.2. The molecule has 27 heavy (non-hydrogen) atoms. The molecule has 0 atom stereocenters. The lowest BCUT2D eigenvalue weighted by molar-refractivity contribution is 0.0730. The average Bonchev–Trinajstić information content (AvgIpc) is 2.75. The zero-order chi connectivity index (χ0) is 18.7. The van der Waals surface area contributed by atoms with E-state index in [1.807, 2.05) is 18.2 Å². The molecule has 0 aliphatic carbocycles. The van der Waals surface area contributed by atoms with Crippen molar-refractivity contribution in [2.45, 2.75) is 4.90 Å². The van der Waals surface area contributed by atoms with Crippen molar-refractivity contribution in [3.63, 3.8) is 0 Å². The number of rotatable bonds is 4. The molecule has 2 aliphatic heterocycles. The van der Waals surface area contributed by atoms with E-state index in [2.05, 4.69) is 34.1 Å². The molecule has 0 unspecified atom stereocenters. The summed E-state index contributed by atoms with van der Waals surface area (Å²) in [6.45, 7) is 5.52. The van der Waals surface area contributed by atoms with Crippen molar-refractivity contribution in [2.75, 3.05) is 62.3 Å². The van der Waals surface area contributed by atoms with Crippen LogP contribution in [0.3, 0.4) is 0 Å². The van der Waals surface area contributed by atoms with Crippen LogP contribution in [0.25, 0.3) is 0 Å². The van der Waals surface area contributed by atoms with Gasteiger partial charge in [-0.15, -0.1) is 0 Å². The van der Waals surface area contributed by atoms with E-state index in [9.17, 15) is 8.42 Å². The van der Waals surface area contributed by atoms with Gasteiger partial charge in [0, 0.05) is 50.6 Å². The maximum atomic E-state index is 12.7. The summed E-state index contributed by atoms with van der Waals surface area (Å²) in [5.74, 6) is 0. The van der Waals surface area contributed by atoms with E-state index in [0.717, 1.165) is 31.9 Å². The molecule has 0 saturated carbocycles. The first-order chi connectivity index (χ1) is 13.1. The van der Waals surface area contributed by atoms with Gasteiger partial charge in [0.2, 0.25) is 10.0 Å². The highest BCUT2D eigenvalue weighted by molar-refractivity contribution is 7.89. The minimum atomic E-state index is -3.43. The molecule has 2 aliphatic rings. The Hall–Kier alpha value is -2.09. The Labute approximate surface area is 161 Å². The number of sulfonamides is 1. The van der Waals surface area contributed by atoms with Gasteiger partial charge < -0.3 is 14.5 Å². The summed E-state index contributed by atoms with van der Waals surface area (Å²) in [5.41, 5.74) is 2.33. The summed E-state index contributed by atoms with van der Waals surface area (Å²) >= 11 is 0. The molecule has 2 saturated heterocycles. The van der Waals surface area contributed by atoms with Crippen molar-refractivity contribution in [1.29, 1.82) is 0 Å². The number of benzene rings is 2. The zero-order valence-corrected chi connectivity index (χ0v) is 16.1. The molecule has 0 amide bonds. The van der Waals surface area contributed by atoms with Crippen molar-refractivity contribution in [2.24, 2.45) is 0 Å². The maximum Gasteiger partial charge on any atom is 0.243 e. The van der Waals surface area contributed by atoms with Crippen LogP contribution >= 0.6 is 0 Å². The van der Waals surface area contributed by atoms with Gasteiger partial charge in [0.1, 0.15) is 0 Å². The molecule has 2 fully saturated rings. The highest BCUT2D eigenvalue weighted by Crippen LogP contribution is 2.23. The topological polar surface area (TPSA) is 53.1 Å². The SMILES string of the molecule is O=S(=O)(c1ccc(N2CCN(c3ccccc3)CC2)cc1)N1CCOCC1. The fraction of sp³-hybridized carbons (Fsp3) is 0.400. The Kier molecular flexibility index (Phi) is 5.33. The molecule has 7 heteroatoms. The van der Waals surface area contributed by atoms with Crippen LogP contribution < -0.4 is 9.80 Å². The van der Waals surface area contributed by atoms with Crippen molar-refractivity contribution in [1.82, 2.24) is 4.31 Å². The highest BCUT2D eigenvalue weighted by atomic mass is 32.2. The maximum absolute atomic E-state index is 12.7. The van der Waals surface area contributed by atoms with E-state index in [-0.39, 0.29) is 0 Å². The number of ether oxygens (including phenoxy) is 1. The number of morpholine rings is 1. The number of hydrogen-bond acceptors (Lipinski definition) is 5. The third kappa shape index (κ3) is 3.95. The second-order valence-corrected chi connectivity index (χ2v) is 8.76. The normalized spacial score (nSPS) is 19.3. The molecule has 0 spiro atoms. The van der Waals surface area contributed by atoms with Crippen molar-refractivity contribution >= 4 is 21.4 Å².